The maximum absolute atomic E-state index is 13.5. The standard InChI is InChI=1S/C20H21N3O5S3/c1-22(31(25,26)16-7-9-29-18(16)20(24)28-3)14-6-4-5-13-11-15(19-21-8-10-30-19)23(12-27-2)17(13)14/h4-10,15H,11-12H2,1-3H3. The average Bonchev–Trinajstić information content (AvgIpc) is 3.52. The topological polar surface area (TPSA) is 89.0 Å². The van der Waals surface area contributed by atoms with Gasteiger partial charge in [0.1, 0.15) is 21.5 Å². The molecule has 11 heteroatoms. The number of methoxy groups -OCH3 is 2. The number of nitrogens with zero attached hydrogens (tertiary/aromatic N) is 3. The molecule has 8 nitrogen and oxygen atoms in total. The number of thiazole rings is 1. The predicted molar refractivity (Wildman–Crippen MR) is 121 cm³/mol. The van der Waals surface area contributed by atoms with Crippen molar-refractivity contribution < 1.29 is 22.7 Å². The Labute approximate surface area is 188 Å². The highest BCUT2D eigenvalue weighted by atomic mass is 32.2. The van der Waals surface area contributed by atoms with Gasteiger partial charge in [-0.15, -0.1) is 22.7 Å². The summed E-state index contributed by atoms with van der Waals surface area (Å²) in [6.07, 6.45) is 2.45. The lowest BCUT2D eigenvalue weighted by Gasteiger charge is -2.29. The van der Waals surface area contributed by atoms with Crippen LogP contribution >= 0.6 is 22.7 Å². The number of carbonyl (C=O) groups excluding carboxylic acids is 1. The van der Waals surface area contributed by atoms with Gasteiger partial charge in [0.2, 0.25) is 0 Å². The third-order valence-electron chi connectivity index (χ3n) is 5.16. The van der Waals surface area contributed by atoms with Gasteiger partial charge in [-0.1, -0.05) is 12.1 Å². The summed E-state index contributed by atoms with van der Waals surface area (Å²) in [6, 6.07) is 6.97. The van der Waals surface area contributed by atoms with Crippen LogP contribution in [0.25, 0.3) is 0 Å². The van der Waals surface area contributed by atoms with Crippen molar-refractivity contribution in [1.29, 1.82) is 0 Å². The zero-order valence-electron chi connectivity index (χ0n) is 17.1. The van der Waals surface area contributed by atoms with Crippen LogP contribution in [0.3, 0.4) is 0 Å². The minimum Gasteiger partial charge on any atom is -0.465 e. The van der Waals surface area contributed by atoms with E-state index in [1.807, 2.05) is 22.4 Å². The van der Waals surface area contributed by atoms with Gasteiger partial charge in [-0.25, -0.2) is 18.2 Å². The fraction of sp³-hybridized carbons (Fsp3) is 0.300. The highest BCUT2D eigenvalue weighted by Gasteiger charge is 2.37. The number of rotatable bonds is 7. The first-order valence-electron chi connectivity index (χ1n) is 9.31. The highest BCUT2D eigenvalue weighted by molar-refractivity contribution is 7.93. The summed E-state index contributed by atoms with van der Waals surface area (Å²) in [6.45, 7) is 0.286. The fourth-order valence-electron chi connectivity index (χ4n) is 3.73. The van der Waals surface area contributed by atoms with Crippen LogP contribution in [0.2, 0.25) is 0 Å². The van der Waals surface area contributed by atoms with E-state index in [1.165, 1.54) is 24.5 Å². The minimum atomic E-state index is -4.00. The Morgan fingerprint density at radius 3 is 2.74 bits per heavy atom. The van der Waals surface area contributed by atoms with Crippen LogP contribution in [0.1, 0.15) is 26.3 Å². The molecule has 164 valence electrons. The van der Waals surface area contributed by atoms with E-state index in [2.05, 4.69) is 4.98 Å². The number of ether oxygens (including phenoxy) is 2. The third-order valence-corrected chi connectivity index (χ3v) is 8.87. The average molecular weight is 480 g/mol. The zero-order valence-corrected chi connectivity index (χ0v) is 19.6. The SMILES string of the molecule is COCN1c2c(cccc2N(C)S(=O)(=O)c2ccsc2C(=O)OC)CC1c1nccs1. The lowest BCUT2D eigenvalue weighted by molar-refractivity contribution is 0.0602. The summed E-state index contributed by atoms with van der Waals surface area (Å²) in [5.41, 5.74) is 2.30. The quantitative estimate of drug-likeness (QED) is 0.479. The number of hydrogen-bond acceptors (Lipinski definition) is 9. The number of benzene rings is 1. The van der Waals surface area contributed by atoms with Crippen molar-refractivity contribution in [3.8, 4) is 0 Å². The van der Waals surface area contributed by atoms with E-state index in [4.69, 9.17) is 9.47 Å². The molecule has 0 N–H and O–H groups in total. The lowest BCUT2D eigenvalue weighted by atomic mass is 10.1. The van der Waals surface area contributed by atoms with Crippen LogP contribution in [0.5, 0.6) is 0 Å². The first kappa shape index (κ1) is 21.8. The van der Waals surface area contributed by atoms with Crippen LogP contribution in [0.4, 0.5) is 11.4 Å². The van der Waals surface area contributed by atoms with Gasteiger partial charge in [0.05, 0.1) is 24.5 Å². The summed E-state index contributed by atoms with van der Waals surface area (Å²) in [5.74, 6) is -0.676. The molecule has 0 spiro atoms. The van der Waals surface area contributed by atoms with Crippen LogP contribution in [-0.2, 0) is 25.9 Å². The normalized spacial score (nSPS) is 15.7. The molecule has 0 aliphatic carbocycles. The number of sulfonamides is 1. The number of esters is 1. The number of para-hydroxylation sites is 1. The molecule has 1 aromatic carbocycles. The summed E-state index contributed by atoms with van der Waals surface area (Å²) in [7, 11) is 0.323. The molecular weight excluding hydrogens is 458 g/mol. The number of carbonyl (C=O) groups is 1. The summed E-state index contributed by atoms with van der Waals surface area (Å²) >= 11 is 2.59. The van der Waals surface area contributed by atoms with Crippen molar-refractivity contribution in [1.82, 2.24) is 4.98 Å². The van der Waals surface area contributed by atoms with E-state index in [0.717, 1.165) is 27.6 Å². The van der Waals surface area contributed by atoms with E-state index in [9.17, 15) is 13.2 Å². The molecular formula is C20H21N3O5S3. The van der Waals surface area contributed by atoms with Crippen molar-refractivity contribution in [3.63, 3.8) is 0 Å². The van der Waals surface area contributed by atoms with Gasteiger partial charge in [0, 0.05) is 32.2 Å². The van der Waals surface area contributed by atoms with Crippen LogP contribution in [0.15, 0.2) is 46.1 Å². The Morgan fingerprint density at radius 1 is 1.26 bits per heavy atom. The van der Waals surface area contributed by atoms with Gasteiger partial charge >= 0.3 is 5.97 Å². The largest absolute Gasteiger partial charge is 0.465 e. The van der Waals surface area contributed by atoms with Gasteiger partial charge in [0.25, 0.3) is 10.0 Å². The number of aromatic nitrogens is 1. The lowest BCUT2D eigenvalue weighted by Crippen LogP contribution is -2.32. The Kier molecular flexibility index (Phi) is 6.02. The molecule has 31 heavy (non-hydrogen) atoms. The maximum Gasteiger partial charge on any atom is 0.349 e. The molecule has 4 rings (SSSR count). The van der Waals surface area contributed by atoms with Gasteiger partial charge < -0.3 is 14.4 Å². The van der Waals surface area contributed by atoms with Gasteiger partial charge in [0.15, 0.2) is 0 Å². The van der Waals surface area contributed by atoms with E-state index >= 15 is 0 Å². The van der Waals surface area contributed by atoms with Crippen molar-refractivity contribution >= 4 is 50.0 Å². The third kappa shape index (κ3) is 3.71. The van der Waals surface area contributed by atoms with E-state index in [0.29, 0.717) is 12.1 Å². The molecule has 0 radical (unpaired) electrons. The number of anilines is 2. The molecule has 1 unspecified atom stereocenters. The summed E-state index contributed by atoms with van der Waals surface area (Å²) in [5, 5.41) is 4.43. The molecule has 0 saturated carbocycles. The molecule has 1 aliphatic rings. The monoisotopic (exact) mass is 479 g/mol. The highest BCUT2D eigenvalue weighted by Crippen LogP contribution is 2.47. The van der Waals surface area contributed by atoms with Crippen LogP contribution < -0.4 is 9.21 Å². The summed E-state index contributed by atoms with van der Waals surface area (Å²) < 4.78 is 38.4. The first-order valence-corrected chi connectivity index (χ1v) is 12.5. The van der Waals surface area contributed by atoms with Crippen LogP contribution in [0, 0.1) is 0 Å². The molecule has 1 aliphatic heterocycles. The first-order chi connectivity index (χ1) is 14.9. The second-order valence-corrected chi connectivity index (χ2v) is 10.6. The molecule has 0 saturated heterocycles. The zero-order chi connectivity index (χ0) is 22.2. The van der Waals surface area contributed by atoms with E-state index in [-0.39, 0.29) is 22.5 Å². The number of fused-ring (bicyclic) bond motifs is 1. The van der Waals surface area contributed by atoms with Crippen molar-refractivity contribution in [2.45, 2.75) is 17.4 Å². The smallest absolute Gasteiger partial charge is 0.349 e. The Balaban J connectivity index is 1.79. The molecule has 3 aromatic rings. The number of hydrogen-bond donors (Lipinski definition) is 0. The van der Waals surface area contributed by atoms with Gasteiger partial charge in [-0.3, -0.25) is 4.31 Å². The summed E-state index contributed by atoms with van der Waals surface area (Å²) in [4.78, 5) is 18.5. The van der Waals surface area contributed by atoms with E-state index in [1.54, 1.807) is 36.1 Å². The molecule has 3 heterocycles. The fourth-order valence-corrected chi connectivity index (χ4v) is 6.99. The molecule has 1 atom stereocenters. The number of thiophene rings is 1. The van der Waals surface area contributed by atoms with Crippen LogP contribution in [-0.4, -0.2) is 47.4 Å². The second-order valence-electron chi connectivity index (χ2n) is 6.84. The molecule has 0 bridgehead atoms. The Morgan fingerprint density at radius 2 is 2.06 bits per heavy atom. The van der Waals surface area contributed by atoms with E-state index < -0.39 is 16.0 Å². The maximum atomic E-state index is 13.5. The minimum absolute atomic E-state index is 0.0426. The Bertz CT molecular complexity index is 1190. The second kappa shape index (κ2) is 8.58. The molecule has 0 amide bonds. The van der Waals surface area contributed by atoms with Crippen molar-refractivity contribution in [3.05, 3.63) is 56.7 Å². The van der Waals surface area contributed by atoms with Gasteiger partial charge in [-0.2, -0.15) is 0 Å². The Hall–Kier alpha value is -2.47. The van der Waals surface area contributed by atoms with Crippen molar-refractivity contribution in [2.75, 3.05) is 37.2 Å². The van der Waals surface area contributed by atoms with Crippen molar-refractivity contribution in [2.24, 2.45) is 0 Å². The molecule has 0 fully saturated rings. The van der Waals surface area contributed by atoms with Gasteiger partial charge in [-0.05, 0) is 23.1 Å². The predicted octanol–water partition coefficient (Wildman–Crippen LogP) is 3.52. The molecule has 2 aromatic heterocycles.